The highest BCUT2D eigenvalue weighted by Gasteiger charge is 2.34. The molecule has 1 aromatic carbocycles. The number of aliphatic imine (C=N–C) groups is 1. The summed E-state index contributed by atoms with van der Waals surface area (Å²) < 4.78 is 0. The molecule has 166 valence electrons. The number of nitrogens with one attached hydrogen (secondary N) is 1. The molecular formula is C22H34IN5O2. The fraction of sp³-hybridized carbons (Fsp3) is 0.591. The second-order valence-corrected chi connectivity index (χ2v) is 8.17. The van der Waals surface area contributed by atoms with Crippen LogP contribution in [0.1, 0.15) is 47.4 Å². The minimum atomic E-state index is -0.173. The fourth-order valence-corrected chi connectivity index (χ4v) is 4.03. The van der Waals surface area contributed by atoms with Crippen LogP contribution >= 0.6 is 24.0 Å². The number of carbonyl (C=O) groups is 2. The number of rotatable bonds is 7. The second kappa shape index (κ2) is 11.6. The molecule has 0 atom stereocenters. The van der Waals surface area contributed by atoms with Gasteiger partial charge in [-0.1, -0.05) is 26.0 Å². The zero-order chi connectivity index (χ0) is 20.8. The summed E-state index contributed by atoms with van der Waals surface area (Å²) in [6.07, 6.45) is 1.65. The first-order chi connectivity index (χ1) is 14.0. The summed E-state index contributed by atoms with van der Waals surface area (Å²) in [5.41, 5.74) is 1.04. The molecule has 2 amide bonds. The SMILES string of the molecule is CN=C(NCCCCN1C(=O)c2ccccc2C1=O)N1CCN(CC(C)C)CC1.I. The summed E-state index contributed by atoms with van der Waals surface area (Å²) >= 11 is 0. The first-order valence-corrected chi connectivity index (χ1v) is 10.6. The predicted octanol–water partition coefficient (Wildman–Crippen LogP) is 2.53. The highest BCUT2D eigenvalue weighted by molar-refractivity contribution is 14.0. The number of fused-ring (bicyclic) bond motifs is 1. The van der Waals surface area contributed by atoms with Crippen molar-refractivity contribution < 1.29 is 9.59 Å². The highest BCUT2D eigenvalue weighted by atomic mass is 127. The van der Waals surface area contributed by atoms with Crippen molar-refractivity contribution in [2.45, 2.75) is 26.7 Å². The summed E-state index contributed by atoms with van der Waals surface area (Å²) in [4.78, 5) is 35.4. The summed E-state index contributed by atoms with van der Waals surface area (Å²) in [6, 6.07) is 7.04. The second-order valence-electron chi connectivity index (χ2n) is 8.17. The van der Waals surface area contributed by atoms with Gasteiger partial charge >= 0.3 is 0 Å². The Morgan fingerprint density at radius 1 is 1.03 bits per heavy atom. The standard InChI is InChI=1S/C22H33N5O2.HI/c1-17(2)16-25-12-14-26(15-13-25)22(23-3)24-10-6-7-11-27-20(28)18-8-4-5-9-19(18)21(27)29;/h4-5,8-9,17H,6-7,10-16H2,1-3H3,(H,23,24);1H. The molecule has 8 heteroatoms. The molecule has 2 heterocycles. The molecule has 3 rings (SSSR count). The first-order valence-electron chi connectivity index (χ1n) is 10.6. The van der Waals surface area contributed by atoms with Crippen molar-refractivity contribution in [1.29, 1.82) is 0 Å². The molecule has 0 bridgehead atoms. The number of halogens is 1. The normalized spacial score (nSPS) is 17.4. The maximum Gasteiger partial charge on any atom is 0.261 e. The smallest absolute Gasteiger partial charge is 0.261 e. The maximum atomic E-state index is 12.4. The van der Waals surface area contributed by atoms with E-state index in [1.54, 1.807) is 24.3 Å². The van der Waals surface area contributed by atoms with Crippen LogP contribution in [0.2, 0.25) is 0 Å². The third kappa shape index (κ3) is 5.94. The van der Waals surface area contributed by atoms with Gasteiger partial charge < -0.3 is 10.2 Å². The van der Waals surface area contributed by atoms with E-state index in [0.717, 1.165) is 58.1 Å². The van der Waals surface area contributed by atoms with Crippen molar-refractivity contribution in [2.75, 3.05) is 52.9 Å². The first kappa shape index (κ1) is 24.6. The molecule has 0 aliphatic carbocycles. The van der Waals surface area contributed by atoms with Crippen LogP contribution in [0.4, 0.5) is 0 Å². The molecule has 30 heavy (non-hydrogen) atoms. The van der Waals surface area contributed by atoms with E-state index in [4.69, 9.17) is 0 Å². The van der Waals surface area contributed by atoms with E-state index in [1.807, 2.05) is 7.05 Å². The lowest BCUT2D eigenvalue weighted by molar-refractivity contribution is 0.0652. The topological polar surface area (TPSA) is 68.2 Å². The summed E-state index contributed by atoms with van der Waals surface area (Å²) in [7, 11) is 1.82. The van der Waals surface area contributed by atoms with Crippen molar-refractivity contribution in [2.24, 2.45) is 10.9 Å². The Morgan fingerprint density at radius 3 is 2.17 bits per heavy atom. The number of amides is 2. The lowest BCUT2D eigenvalue weighted by atomic mass is 10.1. The number of carbonyl (C=O) groups excluding carboxylic acids is 2. The van der Waals surface area contributed by atoms with Crippen LogP contribution in [0.15, 0.2) is 29.3 Å². The lowest BCUT2D eigenvalue weighted by Crippen LogP contribution is -2.53. The van der Waals surface area contributed by atoms with Crippen molar-refractivity contribution in [3.8, 4) is 0 Å². The lowest BCUT2D eigenvalue weighted by Gasteiger charge is -2.37. The number of imide groups is 1. The number of piperazine rings is 1. The minimum Gasteiger partial charge on any atom is -0.356 e. The largest absolute Gasteiger partial charge is 0.356 e. The van der Waals surface area contributed by atoms with E-state index in [9.17, 15) is 9.59 Å². The molecular weight excluding hydrogens is 493 g/mol. The quantitative estimate of drug-likeness (QED) is 0.194. The number of nitrogens with zero attached hydrogens (tertiary/aromatic N) is 4. The van der Waals surface area contributed by atoms with Gasteiger partial charge in [0.2, 0.25) is 0 Å². The van der Waals surface area contributed by atoms with Crippen LogP contribution in [0.25, 0.3) is 0 Å². The molecule has 0 aromatic heterocycles. The monoisotopic (exact) mass is 527 g/mol. The Morgan fingerprint density at radius 2 is 1.63 bits per heavy atom. The van der Waals surface area contributed by atoms with Gasteiger partial charge in [0.05, 0.1) is 11.1 Å². The number of guanidine groups is 1. The molecule has 0 unspecified atom stereocenters. The van der Waals surface area contributed by atoms with Gasteiger partial charge in [0.15, 0.2) is 5.96 Å². The molecule has 1 aromatic rings. The maximum absolute atomic E-state index is 12.4. The molecule has 0 saturated carbocycles. The summed E-state index contributed by atoms with van der Waals surface area (Å²) in [5.74, 6) is 1.29. The average Bonchev–Trinajstić information content (AvgIpc) is 2.96. The third-order valence-electron chi connectivity index (χ3n) is 5.48. The predicted molar refractivity (Wildman–Crippen MR) is 131 cm³/mol. The van der Waals surface area contributed by atoms with Crippen molar-refractivity contribution in [1.82, 2.24) is 20.0 Å². The van der Waals surface area contributed by atoms with E-state index in [0.29, 0.717) is 23.6 Å². The summed E-state index contributed by atoms with van der Waals surface area (Å²) in [5, 5.41) is 3.43. The Balaban J connectivity index is 0.00000320. The highest BCUT2D eigenvalue weighted by Crippen LogP contribution is 2.22. The Kier molecular flexibility index (Phi) is 9.54. The average molecular weight is 527 g/mol. The van der Waals surface area contributed by atoms with Crippen molar-refractivity contribution in [3.63, 3.8) is 0 Å². The van der Waals surface area contributed by atoms with E-state index in [2.05, 4.69) is 34.0 Å². The molecule has 0 radical (unpaired) electrons. The number of benzene rings is 1. The van der Waals surface area contributed by atoms with Gasteiger partial charge in [-0.05, 0) is 30.9 Å². The zero-order valence-corrected chi connectivity index (χ0v) is 20.6. The molecule has 2 aliphatic rings. The molecule has 7 nitrogen and oxygen atoms in total. The van der Waals surface area contributed by atoms with Crippen molar-refractivity contribution in [3.05, 3.63) is 35.4 Å². The molecule has 1 N–H and O–H groups in total. The van der Waals surface area contributed by atoms with Crippen LogP contribution in [0.5, 0.6) is 0 Å². The van der Waals surface area contributed by atoms with E-state index >= 15 is 0 Å². The van der Waals surface area contributed by atoms with Crippen LogP contribution < -0.4 is 5.32 Å². The van der Waals surface area contributed by atoms with Gasteiger partial charge in [0, 0.05) is 52.9 Å². The minimum absolute atomic E-state index is 0. The van der Waals surface area contributed by atoms with Gasteiger partial charge in [-0.3, -0.25) is 24.4 Å². The van der Waals surface area contributed by atoms with Gasteiger partial charge in [-0.15, -0.1) is 24.0 Å². The molecule has 1 saturated heterocycles. The van der Waals surface area contributed by atoms with Crippen LogP contribution in [0.3, 0.4) is 0 Å². The number of unbranched alkanes of at least 4 members (excludes halogenated alkanes) is 1. The van der Waals surface area contributed by atoms with E-state index in [1.165, 1.54) is 4.90 Å². The van der Waals surface area contributed by atoms with Crippen LogP contribution in [-0.2, 0) is 0 Å². The number of hydrogen-bond acceptors (Lipinski definition) is 4. The van der Waals surface area contributed by atoms with E-state index < -0.39 is 0 Å². The van der Waals surface area contributed by atoms with Gasteiger partial charge in [-0.2, -0.15) is 0 Å². The van der Waals surface area contributed by atoms with Gasteiger partial charge in [0.1, 0.15) is 0 Å². The van der Waals surface area contributed by atoms with Crippen molar-refractivity contribution >= 4 is 41.8 Å². The fourth-order valence-electron chi connectivity index (χ4n) is 4.03. The van der Waals surface area contributed by atoms with Crippen LogP contribution in [0, 0.1) is 5.92 Å². The zero-order valence-electron chi connectivity index (χ0n) is 18.3. The molecule has 2 aliphatic heterocycles. The van der Waals surface area contributed by atoms with Gasteiger partial charge in [-0.25, -0.2) is 0 Å². The Bertz CT molecular complexity index is 725. The number of hydrogen-bond donors (Lipinski definition) is 1. The molecule has 0 spiro atoms. The Hall–Kier alpha value is -1.68. The van der Waals surface area contributed by atoms with E-state index in [-0.39, 0.29) is 35.8 Å². The van der Waals surface area contributed by atoms with Gasteiger partial charge in [0.25, 0.3) is 11.8 Å². The summed E-state index contributed by atoms with van der Waals surface area (Å²) in [6.45, 7) is 11.0. The third-order valence-corrected chi connectivity index (χ3v) is 5.48. The van der Waals surface area contributed by atoms with Crippen LogP contribution in [-0.4, -0.2) is 85.3 Å². The molecule has 1 fully saturated rings. The Labute approximate surface area is 196 Å².